The zero-order chi connectivity index (χ0) is 19.1. The molecule has 2 aromatic rings. The summed E-state index contributed by atoms with van der Waals surface area (Å²) in [6.45, 7) is 0. The van der Waals surface area contributed by atoms with Crippen LogP contribution < -0.4 is 24.4 Å². The number of halogens is 1. The summed E-state index contributed by atoms with van der Waals surface area (Å²) in [5.41, 5.74) is 3.31. The first-order valence-electron chi connectivity index (χ1n) is 7.51. The average molecular weight is 379 g/mol. The number of ether oxygens (including phenoxy) is 4. The highest BCUT2D eigenvalue weighted by Crippen LogP contribution is 2.33. The maximum atomic E-state index is 12.3. The van der Waals surface area contributed by atoms with E-state index < -0.39 is 5.91 Å². The van der Waals surface area contributed by atoms with Gasteiger partial charge in [0.15, 0.2) is 11.5 Å². The van der Waals surface area contributed by atoms with Gasteiger partial charge in [-0.1, -0.05) is 11.6 Å². The molecule has 0 saturated carbocycles. The molecule has 0 fully saturated rings. The van der Waals surface area contributed by atoms with Gasteiger partial charge in [0.25, 0.3) is 5.91 Å². The Labute approximate surface area is 156 Å². The summed E-state index contributed by atoms with van der Waals surface area (Å²) in [4.78, 5) is 12.3. The van der Waals surface area contributed by atoms with Gasteiger partial charge in [-0.3, -0.25) is 4.79 Å². The molecule has 0 heterocycles. The Morgan fingerprint density at radius 2 is 1.54 bits per heavy atom. The fraction of sp³-hybridized carbons (Fsp3) is 0.222. The van der Waals surface area contributed by atoms with Crippen LogP contribution in [0.1, 0.15) is 15.9 Å². The predicted molar refractivity (Wildman–Crippen MR) is 99.2 cm³/mol. The molecule has 0 bridgehead atoms. The highest BCUT2D eigenvalue weighted by Gasteiger charge is 2.13. The molecule has 0 spiro atoms. The van der Waals surface area contributed by atoms with Crippen LogP contribution >= 0.6 is 11.6 Å². The number of hydrazone groups is 1. The fourth-order valence-electron chi connectivity index (χ4n) is 2.23. The van der Waals surface area contributed by atoms with E-state index in [1.165, 1.54) is 40.7 Å². The van der Waals surface area contributed by atoms with E-state index in [0.717, 1.165) is 0 Å². The smallest absolute Gasteiger partial charge is 0.275 e. The second kappa shape index (κ2) is 8.96. The van der Waals surface area contributed by atoms with Crippen LogP contribution in [0.4, 0.5) is 0 Å². The van der Waals surface area contributed by atoms with Crippen molar-refractivity contribution < 1.29 is 23.7 Å². The van der Waals surface area contributed by atoms with Gasteiger partial charge in [-0.25, -0.2) is 5.43 Å². The van der Waals surface area contributed by atoms with Crippen LogP contribution in [0.25, 0.3) is 0 Å². The molecule has 2 rings (SSSR count). The molecule has 2 aromatic carbocycles. The van der Waals surface area contributed by atoms with Crippen molar-refractivity contribution in [3.8, 4) is 23.0 Å². The van der Waals surface area contributed by atoms with Crippen LogP contribution in [-0.2, 0) is 0 Å². The molecular formula is C18H19ClN2O5. The third-order valence-electron chi connectivity index (χ3n) is 3.51. The van der Waals surface area contributed by atoms with Crippen LogP contribution in [0.15, 0.2) is 35.4 Å². The van der Waals surface area contributed by atoms with E-state index in [1.807, 2.05) is 0 Å². The van der Waals surface area contributed by atoms with Gasteiger partial charge in [0.1, 0.15) is 11.5 Å². The van der Waals surface area contributed by atoms with Gasteiger partial charge in [0.2, 0.25) is 0 Å². The Hall–Kier alpha value is -2.93. The number of benzene rings is 2. The van der Waals surface area contributed by atoms with Crippen LogP contribution in [0.3, 0.4) is 0 Å². The largest absolute Gasteiger partial charge is 0.496 e. The lowest BCUT2D eigenvalue weighted by molar-refractivity contribution is 0.0952. The zero-order valence-electron chi connectivity index (χ0n) is 14.8. The van der Waals surface area contributed by atoms with E-state index in [0.29, 0.717) is 33.6 Å². The van der Waals surface area contributed by atoms with Gasteiger partial charge < -0.3 is 18.9 Å². The molecule has 0 aliphatic carbocycles. The van der Waals surface area contributed by atoms with Crippen molar-refractivity contribution in [1.29, 1.82) is 0 Å². The van der Waals surface area contributed by atoms with Gasteiger partial charge in [-0.05, 0) is 24.3 Å². The molecule has 8 heteroatoms. The second-order valence-corrected chi connectivity index (χ2v) is 5.43. The predicted octanol–water partition coefficient (Wildman–Crippen LogP) is 3.14. The lowest BCUT2D eigenvalue weighted by Gasteiger charge is -2.12. The number of carbonyl (C=O) groups is 1. The zero-order valence-corrected chi connectivity index (χ0v) is 15.6. The van der Waals surface area contributed by atoms with Crippen molar-refractivity contribution in [2.75, 3.05) is 28.4 Å². The molecule has 0 unspecified atom stereocenters. The van der Waals surface area contributed by atoms with E-state index in [1.54, 1.807) is 24.3 Å². The Morgan fingerprint density at radius 3 is 2.15 bits per heavy atom. The Bertz CT molecular complexity index is 823. The van der Waals surface area contributed by atoms with E-state index in [4.69, 9.17) is 30.5 Å². The molecule has 7 nitrogen and oxygen atoms in total. The number of hydrogen-bond donors (Lipinski definition) is 1. The number of amides is 1. The molecule has 26 heavy (non-hydrogen) atoms. The number of methoxy groups -OCH3 is 4. The lowest BCUT2D eigenvalue weighted by Crippen LogP contribution is -2.18. The Kier molecular flexibility index (Phi) is 6.68. The topological polar surface area (TPSA) is 78.4 Å². The quantitative estimate of drug-likeness (QED) is 0.591. The van der Waals surface area contributed by atoms with Gasteiger partial charge in [0.05, 0.1) is 40.2 Å². The van der Waals surface area contributed by atoms with E-state index in [-0.39, 0.29) is 5.56 Å². The van der Waals surface area contributed by atoms with Crippen LogP contribution in [0.5, 0.6) is 23.0 Å². The number of rotatable bonds is 7. The van der Waals surface area contributed by atoms with Crippen LogP contribution in [-0.4, -0.2) is 40.6 Å². The third-order valence-corrected chi connectivity index (χ3v) is 3.75. The molecule has 0 aliphatic rings. The molecule has 0 aliphatic heterocycles. The minimum Gasteiger partial charge on any atom is -0.496 e. The van der Waals surface area contributed by atoms with Crippen molar-refractivity contribution in [2.24, 2.45) is 5.10 Å². The fourth-order valence-corrected chi connectivity index (χ4v) is 2.40. The minimum atomic E-state index is -0.458. The van der Waals surface area contributed by atoms with Crippen molar-refractivity contribution >= 4 is 23.7 Å². The number of nitrogens with one attached hydrogen (secondary N) is 1. The summed E-state index contributed by atoms with van der Waals surface area (Å²) in [6.07, 6.45) is 1.44. The molecule has 1 amide bonds. The molecule has 1 N–H and O–H groups in total. The first kappa shape index (κ1) is 19.4. The highest BCUT2D eigenvalue weighted by molar-refractivity contribution is 6.31. The van der Waals surface area contributed by atoms with Gasteiger partial charge in [-0.15, -0.1) is 0 Å². The first-order chi connectivity index (χ1) is 12.5. The molecule has 0 saturated heterocycles. The molecule has 138 valence electrons. The van der Waals surface area contributed by atoms with Gasteiger partial charge >= 0.3 is 0 Å². The second-order valence-electron chi connectivity index (χ2n) is 4.99. The van der Waals surface area contributed by atoms with Crippen molar-refractivity contribution in [3.63, 3.8) is 0 Å². The first-order valence-corrected chi connectivity index (χ1v) is 7.88. The van der Waals surface area contributed by atoms with Gasteiger partial charge in [0, 0.05) is 16.7 Å². The van der Waals surface area contributed by atoms with E-state index >= 15 is 0 Å². The molecule has 0 atom stereocenters. The molecular weight excluding hydrogens is 360 g/mol. The number of carbonyl (C=O) groups excluding carboxylic acids is 1. The van der Waals surface area contributed by atoms with Gasteiger partial charge in [-0.2, -0.15) is 5.10 Å². The Morgan fingerprint density at radius 1 is 0.923 bits per heavy atom. The maximum Gasteiger partial charge on any atom is 0.275 e. The third kappa shape index (κ3) is 4.37. The summed E-state index contributed by atoms with van der Waals surface area (Å²) in [6, 6.07) is 8.10. The summed E-state index contributed by atoms with van der Waals surface area (Å²) in [7, 11) is 6.05. The summed E-state index contributed by atoms with van der Waals surface area (Å²) in [5, 5.41) is 4.38. The number of hydrogen-bond acceptors (Lipinski definition) is 6. The SMILES string of the molecule is COc1cc(OC)c(OC)cc1C=NNC(=O)c1cc(Cl)ccc1OC. The monoisotopic (exact) mass is 378 g/mol. The summed E-state index contributed by atoms with van der Waals surface area (Å²) < 4.78 is 20.9. The van der Waals surface area contributed by atoms with Crippen molar-refractivity contribution in [3.05, 3.63) is 46.5 Å². The molecule has 0 aromatic heterocycles. The minimum absolute atomic E-state index is 0.274. The van der Waals surface area contributed by atoms with E-state index in [9.17, 15) is 4.79 Å². The van der Waals surface area contributed by atoms with Crippen molar-refractivity contribution in [1.82, 2.24) is 5.43 Å². The van der Waals surface area contributed by atoms with Crippen LogP contribution in [0, 0.1) is 0 Å². The maximum absolute atomic E-state index is 12.3. The molecule has 0 radical (unpaired) electrons. The standard InChI is InChI=1S/C18H19ClN2O5/c1-23-14-6-5-12(19)8-13(14)18(22)21-20-10-11-7-16(25-3)17(26-4)9-15(11)24-2/h5-10H,1-4H3,(H,21,22). The lowest BCUT2D eigenvalue weighted by atomic mass is 10.2. The normalized spacial score (nSPS) is 10.5. The highest BCUT2D eigenvalue weighted by atomic mass is 35.5. The van der Waals surface area contributed by atoms with Crippen LogP contribution in [0.2, 0.25) is 5.02 Å². The summed E-state index contributed by atoms with van der Waals surface area (Å²) >= 11 is 5.93. The number of nitrogens with zero attached hydrogens (tertiary/aromatic N) is 1. The van der Waals surface area contributed by atoms with E-state index in [2.05, 4.69) is 10.5 Å². The van der Waals surface area contributed by atoms with Crippen molar-refractivity contribution in [2.45, 2.75) is 0 Å². The Balaban J connectivity index is 2.23. The average Bonchev–Trinajstić information content (AvgIpc) is 2.67. The summed E-state index contributed by atoms with van der Waals surface area (Å²) in [5.74, 6) is 1.48.